The minimum absolute atomic E-state index is 0.229. The Morgan fingerprint density at radius 2 is 1.80 bits per heavy atom. The molecule has 0 aliphatic rings. The molecule has 106 valence electrons. The number of anilines is 1. The summed E-state index contributed by atoms with van der Waals surface area (Å²) in [5, 5.41) is 0. The second-order valence-corrected chi connectivity index (χ2v) is 5.65. The van der Waals surface area contributed by atoms with Gasteiger partial charge in [0.2, 0.25) is 0 Å². The molecule has 0 atom stereocenters. The molecule has 2 N–H and O–H groups in total. The molecule has 0 radical (unpaired) electrons. The highest BCUT2D eigenvalue weighted by Crippen LogP contribution is 2.19. The van der Waals surface area contributed by atoms with Crippen molar-refractivity contribution < 1.29 is 4.39 Å². The van der Waals surface area contributed by atoms with E-state index >= 15 is 0 Å². The summed E-state index contributed by atoms with van der Waals surface area (Å²) in [7, 11) is 0. The summed E-state index contributed by atoms with van der Waals surface area (Å²) in [5.74, 6) is -0.229. The lowest BCUT2D eigenvalue weighted by atomic mass is 10.1. The Hall–Kier alpha value is -1.39. The highest BCUT2D eigenvalue weighted by Gasteiger charge is 2.07. The van der Waals surface area contributed by atoms with E-state index in [9.17, 15) is 4.39 Å². The van der Waals surface area contributed by atoms with Crippen molar-refractivity contribution in [2.24, 2.45) is 0 Å². The van der Waals surface area contributed by atoms with Gasteiger partial charge in [-0.25, -0.2) is 4.39 Å². The SMILES string of the molecule is CCN(Cc1cccc(N)c1)Cc1ccc(F)c(Br)c1. The summed E-state index contributed by atoms with van der Waals surface area (Å²) >= 11 is 3.22. The summed E-state index contributed by atoms with van der Waals surface area (Å²) < 4.78 is 13.7. The molecule has 4 heteroatoms. The third kappa shape index (κ3) is 4.05. The molecule has 0 unspecified atom stereocenters. The molecule has 2 rings (SSSR count). The van der Waals surface area contributed by atoms with Gasteiger partial charge in [-0.05, 0) is 57.9 Å². The van der Waals surface area contributed by atoms with Crippen molar-refractivity contribution in [2.45, 2.75) is 20.0 Å². The predicted octanol–water partition coefficient (Wildman–Crippen LogP) is 4.19. The van der Waals surface area contributed by atoms with E-state index in [1.54, 1.807) is 0 Å². The van der Waals surface area contributed by atoms with Crippen LogP contribution in [0.15, 0.2) is 46.9 Å². The molecule has 0 heterocycles. The Morgan fingerprint density at radius 1 is 1.10 bits per heavy atom. The Bertz CT molecular complexity index is 586. The Morgan fingerprint density at radius 3 is 2.40 bits per heavy atom. The zero-order valence-electron chi connectivity index (χ0n) is 11.4. The van der Waals surface area contributed by atoms with E-state index in [2.05, 4.69) is 33.8 Å². The maximum Gasteiger partial charge on any atom is 0.137 e. The van der Waals surface area contributed by atoms with Crippen LogP contribution in [-0.4, -0.2) is 11.4 Å². The Balaban J connectivity index is 2.07. The molecule has 0 fully saturated rings. The average molecular weight is 337 g/mol. The Labute approximate surface area is 127 Å². The van der Waals surface area contributed by atoms with Crippen LogP contribution in [-0.2, 0) is 13.1 Å². The molecule has 0 aromatic heterocycles. The number of hydrogen-bond acceptors (Lipinski definition) is 2. The highest BCUT2D eigenvalue weighted by atomic mass is 79.9. The molecule has 0 aliphatic carbocycles. The molecule has 0 bridgehead atoms. The maximum absolute atomic E-state index is 13.2. The van der Waals surface area contributed by atoms with Crippen LogP contribution in [0.1, 0.15) is 18.1 Å². The van der Waals surface area contributed by atoms with E-state index in [0.717, 1.165) is 30.9 Å². The first-order valence-electron chi connectivity index (χ1n) is 6.59. The molecule has 2 nitrogen and oxygen atoms in total. The summed E-state index contributed by atoms with van der Waals surface area (Å²) in [4.78, 5) is 2.29. The minimum Gasteiger partial charge on any atom is -0.399 e. The van der Waals surface area contributed by atoms with Crippen LogP contribution < -0.4 is 5.73 Å². The molecule has 0 saturated carbocycles. The monoisotopic (exact) mass is 336 g/mol. The van der Waals surface area contributed by atoms with Crippen molar-refractivity contribution in [2.75, 3.05) is 12.3 Å². The van der Waals surface area contributed by atoms with Crippen LogP contribution in [0.3, 0.4) is 0 Å². The van der Waals surface area contributed by atoms with Gasteiger partial charge in [0.15, 0.2) is 0 Å². The van der Waals surface area contributed by atoms with Gasteiger partial charge in [-0.3, -0.25) is 4.90 Å². The highest BCUT2D eigenvalue weighted by molar-refractivity contribution is 9.10. The van der Waals surface area contributed by atoms with Gasteiger partial charge in [0, 0.05) is 18.8 Å². The van der Waals surface area contributed by atoms with Crippen molar-refractivity contribution in [1.82, 2.24) is 4.90 Å². The lowest BCUT2D eigenvalue weighted by Crippen LogP contribution is -2.22. The first-order valence-corrected chi connectivity index (χ1v) is 7.38. The van der Waals surface area contributed by atoms with Crippen LogP contribution >= 0.6 is 15.9 Å². The number of nitrogen functional groups attached to an aromatic ring is 1. The van der Waals surface area contributed by atoms with Gasteiger partial charge < -0.3 is 5.73 Å². The van der Waals surface area contributed by atoms with E-state index in [1.165, 1.54) is 11.6 Å². The number of hydrogen-bond donors (Lipinski definition) is 1. The summed E-state index contributed by atoms with van der Waals surface area (Å²) in [6.07, 6.45) is 0. The number of nitrogens with zero attached hydrogens (tertiary/aromatic N) is 1. The van der Waals surface area contributed by atoms with E-state index in [-0.39, 0.29) is 5.82 Å². The van der Waals surface area contributed by atoms with Crippen molar-refractivity contribution >= 4 is 21.6 Å². The van der Waals surface area contributed by atoms with Gasteiger partial charge in [-0.15, -0.1) is 0 Å². The normalized spacial score (nSPS) is 11.0. The van der Waals surface area contributed by atoms with Crippen LogP contribution in [0.25, 0.3) is 0 Å². The van der Waals surface area contributed by atoms with Crippen molar-refractivity contribution in [1.29, 1.82) is 0 Å². The van der Waals surface area contributed by atoms with Gasteiger partial charge in [-0.2, -0.15) is 0 Å². The first-order chi connectivity index (χ1) is 9.58. The van der Waals surface area contributed by atoms with E-state index in [4.69, 9.17) is 5.73 Å². The van der Waals surface area contributed by atoms with E-state index < -0.39 is 0 Å². The molecule has 0 amide bonds. The van der Waals surface area contributed by atoms with E-state index in [0.29, 0.717) is 4.47 Å². The van der Waals surface area contributed by atoms with Crippen LogP contribution in [0, 0.1) is 5.82 Å². The van der Waals surface area contributed by atoms with Gasteiger partial charge in [0.1, 0.15) is 5.82 Å². The second kappa shape index (κ2) is 6.86. The summed E-state index contributed by atoms with van der Waals surface area (Å²) in [6, 6.07) is 13.1. The Kier molecular flexibility index (Phi) is 5.15. The number of rotatable bonds is 5. The van der Waals surface area contributed by atoms with Crippen molar-refractivity contribution in [3.8, 4) is 0 Å². The third-order valence-corrected chi connectivity index (χ3v) is 3.80. The fourth-order valence-corrected chi connectivity index (χ4v) is 2.55. The first kappa shape index (κ1) is 15.0. The lowest BCUT2D eigenvalue weighted by Gasteiger charge is -2.21. The largest absolute Gasteiger partial charge is 0.399 e. The molecule has 0 aliphatic heterocycles. The van der Waals surface area contributed by atoms with Gasteiger partial charge in [-0.1, -0.05) is 25.1 Å². The molecule has 2 aromatic rings. The van der Waals surface area contributed by atoms with Crippen molar-refractivity contribution in [3.05, 3.63) is 63.9 Å². The average Bonchev–Trinajstić information content (AvgIpc) is 2.42. The fraction of sp³-hybridized carbons (Fsp3) is 0.250. The zero-order valence-corrected chi connectivity index (χ0v) is 13.0. The van der Waals surface area contributed by atoms with Gasteiger partial charge >= 0.3 is 0 Å². The molecule has 2 aromatic carbocycles. The third-order valence-electron chi connectivity index (χ3n) is 3.19. The number of nitrogens with two attached hydrogens (primary N) is 1. The lowest BCUT2D eigenvalue weighted by molar-refractivity contribution is 0.271. The minimum atomic E-state index is -0.229. The summed E-state index contributed by atoms with van der Waals surface area (Å²) in [5.41, 5.74) is 8.85. The van der Waals surface area contributed by atoms with E-state index in [1.807, 2.05) is 30.3 Å². The maximum atomic E-state index is 13.2. The molecular formula is C16H18BrFN2. The van der Waals surface area contributed by atoms with Crippen LogP contribution in [0.4, 0.5) is 10.1 Å². The number of benzene rings is 2. The smallest absolute Gasteiger partial charge is 0.137 e. The van der Waals surface area contributed by atoms with Gasteiger partial charge in [0.05, 0.1) is 4.47 Å². The van der Waals surface area contributed by atoms with Crippen molar-refractivity contribution in [3.63, 3.8) is 0 Å². The molecule has 0 saturated heterocycles. The quantitative estimate of drug-likeness (QED) is 0.829. The van der Waals surface area contributed by atoms with Crippen LogP contribution in [0.2, 0.25) is 0 Å². The zero-order chi connectivity index (χ0) is 14.5. The van der Waals surface area contributed by atoms with Crippen LogP contribution in [0.5, 0.6) is 0 Å². The number of halogens is 2. The summed E-state index contributed by atoms with van der Waals surface area (Å²) in [6.45, 7) is 4.65. The molecule has 0 spiro atoms. The molecular weight excluding hydrogens is 319 g/mol. The fourth-order valence-electron chi connectivity index (χ4n) is 2.13. The van der Waals surface area contributed by atoms with Gasteiger partial charge in [0.25, 0.3) is 0 Å². The molecule has 20 heavy (non-hydrogen) atoms. The standard InChI is InChI=1S/C16H18BrFN2/c1-2-20(10-12-4-3-5-14(19)8-12)11-13-6-7-16(18)15(17)9-13/h3-9H,2,10-11,19H2,1H3. The predicted molar refractivity (Wildman–Crippen MR) is 84.7 cm³/mol. The second-order valence-electron chi connectivity index (χ2n) is 4.80. The topological polar surface area (TPSA) is 29.3 Å².